The number of nitrogens with zero attached hydrogens (tertiary/aromatic N) is 1. The highest BCUT2D eigenvalue weighted by atomic mass is 16.5. The van der Waals surface area contributed by atoms with Crippen LogP contribution in [-0.4, -0.2) is 64.0 Å². The van der Waals surface area contributed by atoms with Gasteiger partial charge in [-0.1, -0.05) is 12.1 Å². The van der Waals surface area contributed by atoms with Crippen molar-refractivity contribution in [2.75, 3.05) is 47.1 Å². The van der Waals surface area contributed by atoms with Crippen molar-refractivity contribution >= 4 is 5.91 Å². The summed E-state index contributed by atoms with van der Waals surface area (Å²) < 4.78 is 22.2. The molecule has 6 nitrogen and oxygen atoms in total. The van der Waals surface area contributed by atoms with E-state index in [4.69, 9.17) is 18.9 Å². The minimum absolute atomic E-state index is 0.00889. The normalized spacial score (nSPS) is 26.1. The highest BCUT2D eigenvalue weighted by molar-refractivity contribution is 5.78. The van der Waals surface area contributed by atoms with E-state index in [0.717, 1.165) is 19.4 Å². The minimum atomic E-state index is -0.0763. The maximum atomic E-state index is 12.6. The SMILES string of the molecule is COC[C@@]12CCO[C@@H]1CCN(C(=O)COc1ccccc1OC)C2. The predicted molar refractivity (Wildman–Crippen MR) is 88.4 cm³/mol. The van der Waals surface area contributed by atoms with Gasteiger partial charge in [-0.3, -0.25) is 4.79 Å². The fourth-order valence-corrected chi connectivity index (χ4v) is 3.72. The highest BCUT2D eigenvalue weighted by Gasteiger charge is 2.48. The average Bonchev–Trinajstić information content (AvgIpc) is 3.02. The number of para-hydroxylation sites is 2. The first-order chi connectivity index (χ1) is 11.7. The number of ether oxygens (including phenoxy) is 4. The molecule has 2 heterocycles. The Morgan fingerprint density at radius 1 is 1.33 bits per heavy atom. The summed E-state index contributed by atoms with van der Waals surface area (Å²) in [6.45, 7) is 2.74. The van der Waals surface area contributed by atoms with Gasteiger partial charge in [0.05, 0.1) is 19.8 Å². The first-order valence-electron chi connectivity index (χ1n) is 8.33. The molecule has 6 heteroatoms. The largest absolute Gasteiger partial charge is 0.493 e. The molecule has 24 heavy (non-hydrogen) atoms. The van der Waals surface area contributed by atoms with Crippen molar-refractivity contribution in [1.29, 1.82) is 0 Å². The lowest BCUT2D eigenvalue weighted by Crippen LogP contribution is -2.54. The third-order valence-corrected chi connectivity index (χ3v) is 4.97. The second-order valence-electron chi connectivity index (χ2n) is 6.45. The van der Waals surface area contributed by atoms with Gasteiger partial charge in [0.25, 0.3) is 5.91 Å². The monoisotopic (exact) mass is 335 g/mol. The summed E-state index contributed by atoms with van der Waals surface area (Å²) >= 11 is 0. The first kappa shape index (κ1) is 17.0. The van der Waals surface area contributed by atoms with Gasteiger partial charge in [-0.05, 0) is 25.0 Å². The molecule has 0 spiro atoms. The Morgan fingerprint density at radius 3 is 2.88 bits per heavy atom. The Labute approximate surface area is 142 Å². The third kappa shape index (κ3) is 3.35. The number of likely N-dealkylation sites (tertiary alicyclic amines) is 1. The number of rotatable bonds is 6. The van der Waals surface area contributed by atoms with E-state index in [0.29, 0.717) is 31.2 Å². The van der Waals surface area contributed by atoms with E-state index >= 15 is 0 Å². The molecular weight excluding hydrogens is 310 g/mol. The lowest BCUT2D eigenvalue weighted by molar-refractivity contribution is -0.141. The molecule has 2 saturated heterocycles. The predicted octanol–water partition coefficient (Wildman–Crippen LogP) is 1.73. The van der Waals surface area contributed by atoms with Gasteiger partial charge in [-0.15, -0.1) is 0 Å². The van der Waals surface area contributed by atoms with Gasteiger partial charge in [0, 0.05) is 32.2 Å². The summed E-state index contributed by atoms with van der Waals surface area (Å²) in [4.78, 5) is 14.5. The quantitative estimate of drug-likeness (QED) is 0.792. The van der Waals surface area contributed by atoms with Crippen molar-refractivity contribution in [2.24, 2.45) is 5.41 Å². The third-order valence-electron chi connectivity index (χ3n) is 4.97. The molecule has 2 aliphatic rings. The zero-order chi connectivity index (χ0) is 17.0. The molecule has 132 valence electrons. The number of carbonyl (C=O) groups excluding carboxylic acids is 1. The number of hydrogen-bond acceptors (Lipinski definition) is 5. The Balaban J connectivity index is 1.61. The van der Waals surface area contributed by atoms with E-state index in [2.05, 4.69) is 0 Å². The second-order valence-corrected chi connectivity index (χ2v) is 6.45. The molecule has 1 aromatic carbocycles. The van der Waals surface area contributed by atoms with Gasteiger partial charge in [-0.2, -0.15) is 0 Å². The van der Waals surface area contributed by atoms with Crippen LogP contribution >= 0.6 is 0 Å². The Hall–Kier alpha value is -1.79. The summed E-state index contributed by atoms with van der Waals surface area (Å²) in [5.74, 6) is 1.20. The molecule has 2 fully saturated rings. The number of methoxy groups -OCH3 is 2. The van der Waals surface area contributed by atoms with Crippen LogP contribution in [0.4, 0.5) is 0 Å². The van der Waals surface area contributed by atoms with E-state index in [1.165, 1.54) is 0 Å². The van der Waals surface area contributed by atoms with E-state index < -0.39 is 0 Å². The van der Waals surface area contributed by atoms with Crippen molar-refractivity contribution in [3.05, 3.63) is 24.3 Å². The number of amides is 1. The van der Waals surface area contributed by atoms with Crippen LogP contribution in [0.15, 0.2) is 24.3 Å². The van der Waals surface area contributed by atoms with Gasteiger partial charge in [0.2, 0.25) is 0 Å². The Bertz CT molecular complexity index is 578. The van der Waals surface area contributed by atoms with Gasteiger partial charge in [-0.25, -0.2) is 0 Å². The number of fused-ring (bicyclic) bond motifs is 1. The van der Waals surface area contributed by atoms with Crippen LogP contribution in [-0.2, 0) is 14.3 Å². The van der Waals surface area contributed by atoms with Crippen molar-refractivity contribution in [3.63, 3.8) is 0 Å². The number of piperidine rings is 1. The number of carbonyl (C=O) groups is 1. The zero-order valence-corrected chi connectivity index (χ0v) is 14.3. The summed E-state index contributed by atoms with van der Waals surface area (Å²) in [5.41, 5.74) is -0.0763. The molecule has 1 amide bonds. The summed E-state index contributed by atoms with van der Waals surface area (Å²) in [7, 11) is 3.29. The average molecular weight is 335 g/mol. The van der Waals surface area contributed by atoms with Crippen LogP contribution < -0.4 is 9.47 Å². The lowest BCUT2D eigenvalue weighted by Gasteiger charge is -2.43. The van der Waals surface area contributed by atoms with Gasteiger partial charge in [0.1, 0.15) is 0 Å². The van der Waals surface area contributed by atoms with E-state index in [9.17, 15) is 4.79 Å². The maximum Gasteiger partial charge on any atom is 0.260 e. The molecule has 0 aliphatic carbocycles. The molecule has 2 atom stereocenters. The molecule has 0 radical (unpaired) electrons. The summed E-state index contributed by atoms with van der Waals surface area (Å²) in [5, 5.41) is 0. The molecule has 0 aromatic heterocycles. The van der Waals surface area contributed by atoms with Crippen molar-refractivity contribution in [1.82, 2.24) is 4.90 Å². The smallest absolute Gasteiger partial charge is 0.260 e. The van der Waals surface area contributed by atoms with Gasteiger partial charge >= 0.3 is 0 Å². The highest BCUT2D eigenvalue weighted by Crippen LogP contribution is 2.41. The Morgan fingerprint density at radius 2 is 2.12 bits per heavy atom. The molecule has 0 saturated carbocycles. The van der Waals surface area contributed by atoms with Gasteiger partial charge in [0.15, 0.2) is 18.1 Å². The summed E-state index contributed by atoms with van der Waals surface area (Å²) in [6, 6.07) is 7.34. The van der Waals surface area contributed by atoms with Crippen LogP contribution in [0.1, 0.15) is 12.8 Å². The number of hydrogen-bond donors (Lipinski definition) is 0. The van der Waals surface area contributed by atoms with E-state index in [-0.39, 0.29) is 24.0 Å². The first-order valence-corrected chi connectivity index (χ1v) is 8.33. The fourth-order valence-electron chi connectivity index (χ4n) is 3.72. The molecule has 3 rings (SSSR count). The molecule has 0 N–H and O–H groups in total. The van der Waals surface area contributed by atoms with Crippen molar-refractivity contribution < 1.29 is 23.7 Å². The Kier molecular flexibility index (Phi) is 5.26. The molecular formula is C18H25NO5. The second kappa shape index (κ2) is 7.40. The van der Waals surface area contributed by atoms with Crippen LogP contribution in [0.2, 0.25) is 0 Å². The summed E-state index contributed by atoms with van der Waals surface area (Å²) in [6.07, 6.45) is 1.98. The van der Waals surface area contributed by atoms with Crippen molar-refractivity contribution in [3.8, 4) is 11.5 Å². The van der Waals surface area contributed by atoms with E-state index in [1.807, 2.05) is 23.1 Å². The van der Waals surface area contributed by atoms with Gasteiger partial charge < -0.3 is 23.8 Å². The molecule has 0 unspecified atom stereocenters. The maximum absolute atomic E-state index is 12.6. The zero-order valence-electron chi connectivity index (χ0n) is 14.3. The van der Waals surface area contributed by atoms with Crippen molar-refractivity contribution in [2.45, 2.75) is 18.9 Å². The van der Waals surface area contributed by atoms with Crippen LogP contribution in [0.25, 0.3) is 0 Å². The fraction of sp³-hybridized carbons (Fsp3) is 0.611. The molecule has 1 aromatic rings. The van der Waals surface area contributed by atoms with Crippen LogP contribution in [0.5, 0.6) is 11.5 Å². The van der Waals surface area contributed by atoms with E-state index in [1.54, 1.807) is 20.3 Å². The molecule has 0 bridgehead atoms. The lowest BCUT2D eigenvalue weighted by atomic mass is 9.77. The van der Waals surface area contributed by atoms with Crippen LogP contribution in [0, 0.1) is 5.41 Å². The van der Waals surface area contributed by atoms with Crippen LogP contribution in [0.3, 0.4) is 0 Å². The minimum Gasteiger partial charge on any atom is -0.493 e. The standard InChI is InChI=1S/C18H25NO5/c1-21-13-18-8-10-23-16(18)7-9-19(12-18)17(20)11-24-15-6-4-3-5-14(15)22-2/h3-6,16H,7-13H2,1-2H3/t16-,18+/m1/s1. The molecule has 2 aliphatic heterocycles. The number of benzene rings is 1. The topological polar surface area (TPSA) is 57.2 Å².